The first kappa shape index (κ1) is 15.8. The zero-order chi connectivity index (χ0) is 15.6. The van der Waals surface area contributed by atoms with Crippen LogP contribution in [0.3, 0.4) is 0 Å². The number of carbonyl (C=O) groups is 2. The van der Waals surface area contributed by atoms with E-state index in [1.54, 1.807) is 17.4 Å². The fourth-order valence-corrected chi connectivity index (χ4v) is 3.22. The van der Waals surface area contributed by atoms with Gasteiger partial charge in [-0.2, -0.15) is 0 Å². The summed E-state index contributed by atoms with van der Waals surface area (Å²) in [6, 6.07) is 0.807. The third-order valence-corrected chi connectivity index (χ3v) is 4.89. The van der Waals surface area contributed by atoms with E-state index < -0.39 is 12.0 Å². The molecule has 1 aromatic rings. The van der Waals surface area contributed by atoms with Crippen LogP contribution in [-0.4, -0.2) is 60.1 Å². The van der Waals surface area contributed by atoms with Crippen LogP contribution in [0.2, 0.25) is 0 Å². The summed E-state index contributed by atoms with van der Waals surface area (Å²) in [6.45, 7) is 2.93. The highest BCUT2D eigenvalue weighted by Crippen LogP contribution is 2.33. The Hall–Kier alpha value is -1.60. The topological polar surface area (TPSA) is 72.9 Å². The highest BCUT2D eigenvalue weighted by molar-refractivity contribution is 7.10. The van der Waals surface area contributed by atoms with Crippen LogP contribution >= 0.6 is 11.3 Å². The van der Waals surface area contributed by atoms with Crippen molar-refractivity contribution in [3.8, 4) is 0 Å². The first-order valence-electron chi connectivity index (χ1n) is 6.91. The number of nitrogens with zero attached hydrogens (tertiary/aromatic N) is 2. The molecule has 0 aromatic carbocycles. The minimum absolute atomic E-state index is 0.193. The molecule has 0 spiro atoms. The van der Waals surface area contributed by atoms with Crippen molar-refractivity contribution in [2.24, 2.45) is 0 Å². The van der Waals surface area contributed by atoms with Crippen LogP contribution in [-0.2, 0) is 11.2 Å². The second kappa shape index (κ2) is 6.44. The Morgan fingerprint density at radius 2 is 2.29 bits per heavy atom. The minimum Gasteiger partial charge on any atom is -0.479 e. The number of carbonyl (C=O) groups excluding carboxylic acids is 1. The summed E-state index contributed by atoms with van der Waals surface area (Å²) in [5.74, 6) is -0.981. The zero-order valence-corrected chi connectivity index (χ0v) is 13.3. The Balaban J connectivity index is 2.08. The maximum absolute atomic E-state index is 12.3. The Bertz CT molecular complexity index is 529. The van der Waals surface area contributed by atoms with Gasteiger partial charge in [0.05, 0.1) is 0 Å². The van der Waals surface area contributed by atoms with Gasteiger partial charge < -0.3 is 20.2 Å². The molecule has 2 N–H and O–H groups in total. The lowest BCUT2D eigenvalue weighted by atomic mass is 10.0. The lowest BCUT2D eigenvalue weighted by Crippen LogP contribution is -2.50. The smallest absolute Gasteiger partial charge is 0.331 e. The molecule has 7 heteroatoms. The van der Waals surface area contributed by atoms with Crippen LogP contribution in [0.5, 0.6) is 0 Å². The van der Waals surface area contributed by atoms with Gasteiger partial charge in [-0.3, -0.25) is 0 Å². The summed E-state index contributed by atoms with van der Waals surface area (Å²) in [5.41, 5.74) is 0.745. The molecule has 0 aliphatic carbocycles. The van der Waals surface area contributed by atoms with Crippen molar-refractivity contribution in [2.45, 2.75) is 25.4 Å². The number of aliphatic carboxylic acids is 1. The highest BCUT2D eigenvalue weighted by Gasteiger charge is 2.36. The summed E-state index contributed by atoms with van der Waals surface area (Å²) in [6.07, 6.45) is 0.716. The number of hydrogen-bond donors (Lipinski definition) is 2. The van der Waals surface area contributed by atoms with Crippen LogP contribution in [0.25, 0.3) is 0 Å². The lowest BCUT2D eigenvalue weighted by Gasteiger charge is -2.33. The molecule has 0 fully saturated rings. The van der Waals surface area contributed by atoms with Gasteiger partial charge in [0.15, 0.2) is 6.04 Å². The van der Waals surface area contributed by atoms with E-state index in [-0.39, 0.29) is 12.1 Å². The van der Waals surface area contributed by atoms with E-state index in [0.29, 0.717) is 19.5 Å². The van der Waals surface area contributed by atoms with Crippen LogP contribution in [0.1, 0.15) is 23.4 Å². The summed E-state index contributed by atoms with van der Waals surface area (Å²) >= 11 is 1.55. The maximum Gasteiger partial charge on any atom is 0.331 e. The first-order chi connectivity index (χ1) is 9.91. The number of hydrogen-bond acceptors (Lipinski definition) is 4. The molecule has 1 aromatic heterocycles. The third kappa shape index (κ3) is 3.36. The molecule has 2 unspecified atom stereocenters. The number of nitrogens with one attached hydrogen (secondary N) is 1. The molecule has 21 heavy (non-hydrogen) atoms. The van der Waals surface area contributed by atoms with Crippen molar-refractivity contribution in [1.82, 2.24) is 15.1 Å². The quantitative estimate of drug-likeness (QED) is 0.881. The van der Waals surface area contributed by atoms with E-state index in [2.05, 4.69) is 5.32 Å². The van der Waals surface area contributed by atoms with Gasteiger partial charge in [0.25, 0.3) is 0 Å². The summed E-state index contributed by atoms with van der Waals surface area (Å²) in [7, 11) is 3.88. The van der Waals surface area contributed by atoms with E-state index in [1.807, 2.05) is 31.3 Å². The monoisotopic (exact) mass is 311 g/mol. The Morgan fingerprint density at radius 3 is 2.90 bits per heavy atom. The molecular weight excluding hydrogens is 290 g/mol. The number of rotatable bonds is 4. The molecule has 2 atom stereocenters. The van der Waals surface area contributed by atoms with Gasteiger partial charge in [-0.25, -0.2) is 9.59 Å². The average Bonchev–Trinajstić information content (AvgIpc) is 2.90. The highest BCUT2D eigenvalue weighted by atomic mass is 32.1. The molecular formula is C14H21N3O3S. The standard InChI is InChI=1S/C14H21N3O3S/c1-9(16(2)3)8-15-14(20)17-6-4-11-10(5-7-21-11)12(17)13(18)19/h5,7,9,12H,4,6,8H2,1-3H3,(H,15,20)(H,18,19). The fraction of sp³-hybridized carbons (Fsp3) is 0.571. The van der Waals surface area contributed by atoms with Crippen molar-refractivity contribution in [1.29, 1.82) is 0 Å². The summed E-state index contributed by atoms with van der Waals surface area (Å²) in [4.78, 5) is 28.3. The van der Waals surface area contributed by atoms with E-state index in [4.69, 9.17) is 0 Å². The Morgan fingerprint density at radius 1 is 1.57 bits per heavy atom. The fourth-order valence-electron chi connectivity index (χ4n) is 2.32. The molecule has 2 rings (SSSR count). The van der Waals surface area contributed by atoms with Crippen LogP contribution in [0.15, 0.2) is 11.4 Å². The molecule has 1 aliphatic rings. The van der Waals surface area contributed by atoms with Crippen molar-refractivity contribution < 1.29 is 14.7 Å². The Labute approximate surface area is 128 Å². The van der Waals surface area contributed by atoms with Gasteiger partial charge in [0.1, 0.15) is 0 Å². The molecule has 0 saturated carbocycles. The molecule has 0 radical (unpaired) electrons. The van der Waals surface area contributed by atoms with Crippen molar-refractivity contribution in [3.05, 3.63) is 21.9 Å². The normalized spacial score (nSPS) is 19.2. The van der Waals surface area contributed by atoms with Gasteiger partial charge in [0.2, 0.25) is 0 Å². The summed E-state index contributed by atoms with van der Waals surface area (Å²) < 4.78 is 0. The molecule has 2 heterocycles. The number of likely N-dealkylation sites (N-methyl/N-ethyl adjacent to an activating group) is 1. The van der Waals surface area contributed by atoms with E-state index >= 15 is 0 Å². The van der Waals surface area contributed by atoms with E-state index in [9.17, 15) is 14.7 Å². The largest absolute Gasteiger partial charge is 0.479 e. The first-order valence-corrected chi connectivity index (χ1v) is 7.79. The molecule has 1 aliphatic heterocycles. The summed E-state index contributed by atoms with van der Waals surface area (Å²) in [5, 5.41) is 14.2. The van der Waals surface area contributed by atoms with Crippen molar-refractivity contribution in [2.75, 3.05) is 27.2 Å². The second-order valence-electron chi connectivity index (χ2n) is 5.48. The minimum atomic E-state index is -0.981. The number of thiophene rings is 1. The maximum atomic E-state index is 12.3. The molecule has 0 saturated heterocycles. The number of carboxylic acid groups (broad SMARTS) is 1. The van der Waals surface area contributed by atoms with Crippen molar-refractivity contribution >= 4 is 23.3 Å². The van der Waals surface area contributed by atoms with E-state index in [1.165, 1.54) is 4.90 Å². The lowest BCUT2D eigenvalue weighted by molar-refractivity contribution is -0.142. The average molecular weight is 311 g/mol. The van der Waals surface area contributed by atoms with Crippen LogP contribution < -0.4 is 5.32 Å². The molecule has 6 nitrogen and oxygen atoms in total. The second-order valence-corrected chi connectivity index (χ2v) is 6.48. The van der Waals surface area contributed by atoms with E-state index in [0.717, 1.165) is 10.4 Å². The van der Waals surface area contributed by atoms with Crippen LogP contribution in [0, 0.1) is 0 Å². The third-order valence-electron chi connectivity index (χ3n) is 3.89. The van der Waals surface area contributed by atoms with Gasteiger partial charge in [0, 0.05) is 24.0 Å². The number of amides is 2. The molecule has 2 amide bonds. The SMILES string of the molecule is CC(CNC(=O)N1CCc2sccc2C1C(=O)O)N(C)C. The molecule has 0 bridgehead atoms. The van der Waals surface area contributed by atoms with Gasteiger partial charge in [-0.15, -0.1) is 11.3 Å². The number of fused-ring (bicyclic) bond motifs is 1. The zero-order valence-electron chi connectivity index (χ0n) is 12.5. The van der Waals surface area contributed by atoms with Gasteiger partial charge >= 0.3 is 12.0 Å². The van der Waals surface area contributed by atoms with Gasteiger partial charge in [-0.05, 0) is 44.4 Å². The molecule has 116 valence electrons. The number of carboxylic acids is 1. The van der Waals surface area contributed by atoms with Crippen molar-refractivity contribution in [3.63, 3.8) is 0 Å². The predicted molar refractivity (Wildman–Crippen MR) is 81.7 cm³/mol. The van der Waals surface area contributed by atoms with Gasteiger partial charge in [-0.1, -0.05) is 0 Å². The van der Waals surface area contributed by atoms with Crippen LogP contribution in [0.4, 0.5) is 4.79 Å². The predicted octanol–water partition coefficient (Wildman–Crippen LogP) is 1.39. The number of urea groups is 1. The Kier molecular flexibility index (Phi) is 4.84.